The zero-order valence-electron chi connectivity index (χ0n) is 13.1. The molecule has 4 rings (SSSR count). The first kappa shape index (κ1) is 15.0. The van der Waals surface area contributed by atoms with Gasteiger partial charge < -0.3 is 9.32 Å². The summed E-state index contributed by atoms with van der Waals surface area (Å²) in [7, 11) is 0. The standard InChI is InChI=1S/C18H19N3O3/c22-17-15-13(14-7-4-10-24-14)8-9-19-16(15)21(18(23)20-17)11-12-5-2-1-3-6-12/h1-7,10,13,15-16,19H,8-9,11H2,(H,20,22,23). The highest BCUT2D eigenvalue weighted by molar-refractivity contribution is 5.99. The van der Waals surface area contributed by atoms with E-state index < -0.39 is 0 Å². The van der Waals surface area contributed by atoms with Gasteiger partial charge in [-0.15, -0.1) is 0 Å². The van der Waals surface area contributed by atoms with Crippen molar-refractivity contribution in [3.8, 4) is 0 Å². The highest BCUT2D eigenvalue weighted by Gasteiger charge is 2.48. The van der Waals surface area contributed by atoms with Gasteiger partial charge in [-0.2, -0.15) is 0 Å². The molecule has 0 radical (unpaired) electrons. The lowest BCUT2D eigenvalue weighted by molar-refractivity contribution is -0.131. The molecule has 1 aromatic carbocycles. The summed E-state index contributed by atoms with van der Waals surface area (Å²) in [6.07, 6.45) is 2.10. The summed E-state index contributed by atoms with van der Waals surface area (Å²) in [6.45, 7) is 1.19. The summed E-state index contributed by atoms with van der Waals surface area (Å²) < 4.78 is 5.54. The Morgan fingerprint density at radius 1 is 1.12 bits per heavy atom. The number of urea groups is 1. The van der Waals surface area contributed by atoms with Gasteiger partial charge in [-0.1, -0.05) is 30.3 Å². The minimum absolute atomic E-state index is 0.0300. The third-order valence-electron chi connectivity index (χ3n) is 4.82. The van der Waals surface area contributed by atoms with Crippen LogP contribution in [0, 0.1) is 5.92 Å². The SMILES string of the molecule is O=C1NC(=O)N(Cc2ccccc2)C2NCCC(c3ccco3)C12. The van der Waals surface area contributed by atoms with Gasteiger partial charge in [0.05, 0.1) is 18.3 Å². The lowest BCUT2D eigenvalue weighted by Gasteiger charge is -2.46. The van der Waals surface area contributed by atoms with Crippen molar-refractivity contribution in [3.63, 3.8) is 0 Å². The van der Waals surface area contributed by atoms with E-state index in [9.17, 15) is 9.59 Å². The molecule has 3 atom stereocenters. The van der Waals surface area contributed by atoms with Crippen molar-refractivity contribution in [1.82, 2.24) is 15.5 Å². The van der Waals surface area contributed by atoms with Gasteiger partial charge in [-0.05, 0) is 30.7 Å². The zero-order chi connectivity index (χ0) is 16.5. The number of piperidine rings is 1. The number of carbonyl (C=O) groups is 2. The highest BCUT2D eigenvalue weighted by Crippen LogP contribution is 2.37. The van der Waals surface area contributed by atoms with Gasteiger partial charge in [0.15, 0.2) is 0 Å². The summed E-state index contributed by atoms with van der Waals surface area (Å²) in [4.78, 5) is 26.6. The van der Waals surface area contributed by atoms with E-state index in [1.165, 1.54) is 0 Å². The fourth-order valence-electron chi connectivity index (χ4n) is 3.70. The maximum Gasteiger partial charge on any atom is 0.325 e. The largest absolute Gasteiger partial charge is 0.469 e. The molecule has 2 saturated heterocycles. The molecule has 2 fully saturated rings. The van der Waals surface area contributed by atoms with E-state index in [-0.39, 0.29) is 29.9 Å². The number of carbonyl (C=O) groups excluding carboxylic acids is 2. The van der Waals surface area contributed by atoms with E-state index in [1.54, 1.807) is 11.2 Å². The van der Waals surface area contributed by atoms with Gasteiger partial charge in [-0.25, -0.2) is 4.79 Å². The van der Waals surface area contributed by atoms with E-state index in [4.69, 9.17) is 4.42 Å². The number of hydrogen-bond donors (Lipinski definition) is 2. The Hall–Kier alpha value is -2.60. The second-order valence-electron chi connectivity index (χ2n) is 6.24. The fourth-order valence-corrected chi connectivity index (χ4v) is 3.70. The monoisotopic (exact) mass is 325 g/mol. The van der Waals surface area contributed by atoms with Crippen LogP contribution in [0.5, 0.6) is 0 Å². The molecule has 2 aliphatic rings. The second-order valence-corrected chi connectivity index (χ2v) is 6.24. The molecule has 6 nitrogen and oxygen atoms in total. The third kappa shape index (κ3) is 2.59. The van der Waals surface area contributed by atoms with Crippen LogP contribution in [0.2, 0.25) is 0 Å². The number of amides is 3. The van der Waals surface area contributed by atoms with Crippen molar-refractivity contribution in [2.75, 3.05) is 6.54 Å². The fraction of sp³-hybridized carbons (Fsp3) is 0.333. The van der Waals surface area contributed by atoms with Gasteiger partial charge in [0, 0.05) is 12.5 Å². The number of nitrogens with one attached hydrogen (secondary N) is 2. The van der Waals surface area contributed by atoms with Crippen LogP contribution in [0.15, 0.2) is 53.1 Å². The predicted octanol–water partition coefficient (Wildman–Crippen LogP) is 2.05. The van der Waals surface area contributed by atoms with Gasteiger partial charge in [0.25, 0.3) is 0 Å². The van der Waals surface area contributed by atoms with Crippen LogP contribution in [-0.2, 0) is 11.3 Å². The molecule has 2 N–H and O–H groups in total. The second kappa shape index (κ2) is 6.13. The van der Waals surface area contributed by atoms with Gasteiger partial charge in [-0.3, -0.25) is 15.4 Å². The number of hydrogen-bond acceptors (Lipinski definition) is 4. The molecule has 3 unspecified atom stereocenters. The Bertz CT molecular complexity index is 729. The lowest BCUT2D eigenvalue weighted by atomic mass is 9.80. The molecule has 24 heavy (non-hydrogen) atoms. The van der Waals surface area contributed by atoms with Crippen molar-refractivity contribution >= 4 is 11.9 Å². The van der Waals surface area contributed by atoms with E-state index >= 15 is 0 Å². The van der Waals surface area contributed by atoms with Crippen molar-refractivity contribution in [3.05, 3.63) is 60.1 Å². The van der Waals surface area contributed by atoms with Gasteiger partial charge >= 0.3 is 6.03 Å². The van der Waals surface area contributed by atoms with Gasteiger partial charge in [0.2, 0.25) is 5.91 Å². The third-order valence-corrected chi connectivity index (χ3v) is 4.82. The Balaban J connectivity index is 1.64. The maximum absolute atomic E-state index is 12.5. The molecule has 3 amide bonds. The molecule has 2 aliphatic heterocycles. The van der Waals surface area contributed by atoms with Crippen LogP contribution < -0.4 is 10.6 Å². The quantitative estimate of drug-likeness (QED) is 0.906. The number of imide groups is 1. The van der Waals surface area contributed by atoms with Crippen LogP contribution in [0.25, 0.3) is 0 Å². The molecule has 3 heterocycles. The van der Waals surface area contributed by atoms with E-state index in [0.717, 1.165) is 24.3 Å². The topological polar surface area (TPSA) is 74.6 Å². The molecular weight excluding hydrogens is 306 g/mol. The summed E-state index contributed by atoms with van der Waals surface area (Å²) in [5.74, 6) is 0.183. The first-order chi connectivity index (χ1) is 11.7. The van der Waals surface area contributed by atoms with Crippen LogP contribution in [-0.4, -0.2) is 29.5 Å². The molecule has 2 aromatic rings. The van der Waals surface area contributed by atoms with Crippen molar-refractivity contribution in [2.45, 2.75) is 25.0 Å². The van der Waals surface area contributed by atoms with E-state index in [2.05, 4.69) is 10.6 Å². The zero-order valence-corrected chi connectivity index (χ0v) is 13.1. The molecule has 0 bridgehead atoms. The number of nitrogens with zero attached hydrogens (tertiary/aromatic N) is 1. The number of furan rings is 1. The first-order valence-corrected chi connectivity index (χ1v) is 8.16. The van der Waals surface area contributed by atoms with Crippen LogP contribution >= 0.6 is 0 Å². The lowest BCUT2D eigenvalue weighted by Crippen LogP contribution is -2.67. The van der Waals surface area contributed by atoms with Crippen molar-refractivity contribution in [2.24, 2.45) is 5.92 Å². The minimum atomic E-state index is -0.355. The molecule has 0 saturated carbocycles. The Labute approximate surface area is 139 Å². The molecule has 0 spiro atoms. The maximum atomic E-state index is 12.5. The smallest absolute Gasteiger partial charge is 0.325 e. The van der Waals surface area contributed by atoms with E-state index in [0.29, 0.717) is 6.54 Å². The molecular formula is C18H19N3O3. The Morgan fingerprint density at radius 3 is 2.71 bits per heavy atom. The van der Waals surface area contributed by atoms with Crippen LogP contribution in [0.1, 0.15) is 23.7 Å². The van der Waals surface area contributed by atoms with E-state index in [1.807, 2.05) is 42.5 Å². The summed E-state index contributed by atoms with van der Waals surface area (Å²) in [6, 6.07) is 13.2. The minimum Gasteiger partial charge on any atom is -0.469 e. The van der Waals surface area contributed by atoms with Crippen molar-refractivity contribution < 1.29 is 14.0 Å². The van der Waals surface area contributed by atoms with Gasteiger partial charge in [0.1, 0.15) is 5.76 Å². The first-order valence-electron chi connectivity index (χ1n) is 8.16. The number of fused-ring (bicyclic) bond motifs is 1. The molecule has 0 aliphatic carbocycles. The summed E-state index contributed by atoms with van der Waals surface area (Å²) >= 11 is 0. The number of rotatable bonds is 3. The van der Waals surface area contributed by atoms with Crippen molar-refractivity contribution in [1.29, 1.82) is 0 Å². The Kier molecular flexibility index (Phi) is 3.82. The summed E-state index contributed by atoms with van der Waals surface area (Å²) in [5.41, 5.74) is 1.03. The highest BCUT2D eigenvalue weighted by atomic mass is 16.3. The average molecular weight is 325 g/mol. The molecule has 6 heteroatoms. The molecule has 1 aromatic heterocycles. The Morgan fingerprint density at radius 2 is 1.96 bits per heavy atom. The summed E-state index contributed by atoms with van der Waals surface area (Å²) in [5, 5.41) is 5.85. The predicted molar refractivity (Wildman–Crippen MR) is 86.9 cm³/mol. The van der Waals surface area contributed by atoms with Crippen LogP contribution in [0.3, 0.4) is 0 Å². The van der Waals surface area contributed by atoms with Crippen LogP contribution in [0.4, 0.5) is 4.79 Å². The molecule has 124 valence electrons. The average Bonchev–Trinajstić information content (AvgIpc) is 3.13. The number of benzene rings is 1. The normalized spacial score (nSPS) is 26.8.